The van der Waals surface area contributed by atoms with Crippen LogP contribution in [0.5, 0.6) is 0 Å². The molecular formula is C25H42O7. The maximum absolute atomic E-state index is 11.9. The first-order chi connectivity index (χ1) is 15.4. The molecule has 2 rings (SSSR count). The molecule has 32 heavy (non-hydrogen) atoms. The molecule has 184 valence electrons. The van der Waals surface area contributed by atoms with Crippen molar-refractivity contribution in [1.82, 2.24) is 0 Å². The minimum Gasteiger partial charge on any atom is -0.457 e. The highest BCUT2D eigenvalue weighted by Gasteiger charge is 2.39. The lowest BCUT2D eigenvalue weighted by Gasteiger charge is -2.27. The van der Waals surface area contributed by atoms with Crippen LogP contribution in [0, 0.1) is 11.8 Å². The van der Waals surface area contributed by atoms with Gasteiger partial charge in [0.05, 0.1) is 24.9 Å². The molecule has 1 saturated heterocycles. The van der Waals surface area contributed by atoms with E-state index in [4.69, 9.17) is 9.47 Å². The molecule has 7 atom stereocenters. The zero-order valence-corrected chi connectivity index (χ0v) is 19.3. The first-order valence-corrected chi connectivity index (χ1v) is 12.3. The molecule has 7 heteroatoms. The highest BCUT2D eigenvalue weighted by atomic mass is 16.6. The summed E-state index contributed by atoms with van der Waals surface area (Å²) in [6.07, 6.45) is 12.2. The molecule has 0 aromatic rings. The second-order valence-corrected chi connectivity index (χ2v) is 9.09. The maximum Gasteiger partial charge on any atom is 0.306 e. The van der Waals surface area contributed by atoms with Gasteiger partial charge in [0.15, 0.2) is 12.4 Å². The first kappa shape index (κ1) is 27.0. The van der Waals surface area contributed by atoms with Gasteiger partial charge in [0.1, 0.15) is 0 Å². The summed E-state index contributed by atoms with van der Waals surface area (Å²) >= 11 is 0. The Balaban J connectivity index is 1.69. The molecule has 0 radical (unpaired) electrons. The molecule has 1 aliphatic carbocycles. The van der Waals surface area contributed by atoms with Crippen LogP contribution < -0.4 is 0 Å². The second kappa shape index (κ2) is 14.8. The molecule has 0 aromatic heterocycles. The summed E-state index contributed by atoms with van der Waals surface area (Å²) in [7, 11) is 0. The molecule has 7 nitrogen and oxygen atoms in total. The van der Waals surface area contributed by atoms with E-state index < -0.39 is 30.7 Å². The molecular weight excluding hydrogens is 412 g/mol. The number of carbonyl (C=O) groups excluding carboxylic acids is 1. The van der Waals surface area contributed by atoms with Crippen LogP contribution in [0.1, 0.15) is 77.6 Å². The van der Waals surface area contributed by atoms with Gasteiger partial charge in [-0.25, -0.2) is 0 Å². The van der Waals surface area contributed by atoms with E-state index in [-0.39, 0.29) is 24.2 Å². The third-order valence-electron chi connectivity index (χ3n) is 6.42. The fourth-order valence-electron chi connectivity index (χ4n) is 4.48. The van der Waals surface area contributed by atoms with Crippen LogP contribution in [0.25, 0.3) is 0 Å². The maximum atomic E-state index is 11.9. The van der Waals surface area contributed by atoms with E-state index in [9.17, 15) is 25.2 Å². The Hall–Kier alpha value is -1.25. The van der Waals surface area contributed by atoms with Crippen LogP contribution in [0.15, 0.2) is 24.3 Å². The molecule has 2 fully saturated rings. The van der Waals surface area contributed by atoms with Crippen molar-refractivity contribution < 1.29 is 34.7 Å². The minimum absolute atomic E-state index is 0.0851. The number of carbonyl (C=O) groups is 1. The number of rotatable bonds is 13. The standard InChI is InChI=1S/C25H42O7/c1-2-3-6-10-18(26)14-15-20-19(21(27)17-22(20)28)11-7-4-5-8-13-24(29)32-23-12-9-16-31-25(23)30/h4,7,14-15,18-23,25-28,30H,2-3,5-6,8-13,16-17H2,1H3/b7-4-,15-14+/t18-,19+,20+,21-,22+,23?,25?/m0/s1. The van der Waals surface area contributed by atoms with Crippen molar-refractivity contribution in [3.63, 3.8) is 0 Å². The summed E-state index contributed by atoms with van der Waals surface area (Å²) in [5, 5.41) is 40.4. The molecule has 1 aliphatic heterocycles. The van der Waals surface area contributed by atoms with E-state index in [1.54, 1.807) is 6.08 Å². The predicted molar refractivity (Wildman–Crippen MR) is 122 cm³/mol. The van der Waals surface area contributed by atoms with Crippen molar-refractivity contribution in [1.29, 1.82) is 0 Å². The predicted octanol–water partition coefficient (Wildman–Crippen LogP) is 3.00. The third-order valence-corrected chi connectivity index (χ3v) is 6.42. The molecule has 1 saturated carbocycles. The van der Waals surface area contributed by atoms with E-state index in [1.165, 1.54) is 0 Å². The van der Waals surface area contributed by atoms with Crippen LogP contribution in [0.2, 0.25) is 0 Å². The van der Waals surface area contributed by atoms with Gasteiger partial charge in [0.25, 0.3) is 0 Å². The fraction of sp³-hybridized carbons (Fsp3) is 0.800. The molecule has 4 N–H and O–H groups in total. The van der Waals surface area contributed by atoms with Crippen LogP contribution in [0.3, 0.4) is 0 Å². The number of hydrogen-bond acceptors (Lipinski definition) is 7. The Labute approximate surface area is 192 Å². The number of aliphatic hydroxyl groups excluding tert-OH is 4. The summed E-state index contributed by atoms with van der Waals surface area (Å²) in [5.74, 6) is -0.585. The Bertz CT molecular complexity index is 591. The molecule has 1 heterocycles. The molecule has 0 bridgehead atoms. The molecule has 0 amide bonds. The molecule has 0 spiro atoms. The van der Waals surface area contributed by atoms with Crippen LogP contribution in [-0.2, 0) is 14.3 Å². The highest BCUT2D eigenvalue weighted by molar-refractivity contribution is 5.69. The van der Waals surface area contributed by atoms with E-state index in [0.717, 1.165) is 32.1 Å². The summed E-state index contributed by atoms with van der Waals surface area (Å²) in [4.78, 5) is 11.9. The number of allylic oxidation sites excluding steroid dienone is 2. The Kier molecular flexibility index (Phi) is 12.5. The smallest absolute Gasteiger partial charge is 0.306 e. The first-order valence-electron chi connectivity index (χ1n) is 12.3. The zero-order chi connectivity index (χ0) is 23.3. The largest absolute Gasteiger partial charge is 0.457 e. The number of esters is 1. The average molecular weight is 455 g/mol. The minimum atomic E-state index is -1.03. The number of ether oxygens (including phenoxy) is 2. The van der Waals surface area contributed by atoms with Crippen molar-refractivity contribution in [2.24, 2.45) is 11.8 Å². The third kappa shape index (κ3) is 9.32. The van der Waals surface area contributed by atoms with Gasteiger partial charge in [-0.1, -0.05) is 50.5 Å². The van der Waals surface area contributed by atoms with E-state index in [2.05, 4.69) is 6.92 Å². The normalized spacial score (nSPS) is 32.0. The lowest BCUT2D eigenvalue weighted by Crippen LogP contribution is -2.37. The van der Waals surface area contributed by atoms with Crippen molar-refractivity contribution in [3.05, 3.63) is 24.3 Å². The molecule has 2 unspecified atom stereocenters. The van der Waals surface area contributed by atoms with Gasteiger partial charge in [-0.2, -0.15) is 0 Å². The van der Waals surface area contributed by atoms with Gasteiger partial charge in [0, 0.05) is 18.8 Å². The number of hydrogen-bond donors (Lipinski definition) is 4. The van der Waals surface area contributed by atoms with Gasteiger partial charge < -0.3 is 29.9 Å². The topological polar surface area (TPSA) is 116 Å². The summed E-state index contributed by atoms with van der Waals surface area (Å²) in [6.45, 7) is 2.61. The van der Waals surface area contributed by atoms with Gasteiger partial charge in [-0.05, 0) is 44.4 Å². The SMILES string of the molecule is CCCCC[C@H](O)/C=C/[C@@H]1[C@@H](C/C=C\CCCC(=O)OC2CCCOC2O)[C@@H](O)C[C@H]1O. The van der Waals surface area contributed by atoms with Gasteiger partial charge >= 0.3 is 5.97 Å². The summed E-state index contributed by atoms with van der Waals surface area (Å²) < 4.78 is 10.4. The van der Waals surface area contributed by atoms with E-state index in [0.29, 0.717) is 38.7 Å². The van der Waals surface area contributed by atoms with Crippen LogP contribution in [0.4, 0.5) is 0 Å². The Morgan fingerprint density at radius 1 is 1.16 bits per heavy atom. The monoisotopic (exact) mass is 454 g/mol. The van der Waals surface area contributed by atoms with Crippen LogP contribution >= 0.6 is 0 Å². The lowest BCUT2D eigenvalue weighted by molar-refractivity contribution is -0.206. The lowest BCUT2D eigenvalue weighted by atomic mass is 9.89. The van der Waals surface area contributed by atoms with Crippen molar-refractivity contribution in [2.75, 3.05) is 6.61 Å². The van der Waals surface area contributed by atoms with Gasteiger partial charge in [0.2, 0.25) is 0 Å². The summed E-state index contributed by atoms with van der Waals surface area (Å²) in [5.41, 5.74) is 0. The van der Waals surface area contributed by atoms with E-state index in [1.807, 2.05) is 18.2 Å². The fourth-order valence-corrected chi connectivity index (χ4v) is 4.48. The van der Waals surface area contributed by atoms with Crippen molar-refractivity contribution in [3.8, 4) is 0 Å². The van der Waals surface area contributed by atoms with Crippen molar-refractivity contribution in [2.45, 2.75) is 108 Å². The molecule has 2 aliphatic rings. The zero-order valence-electron chi connectivity index (χ0n) is 19.3. The van der Waals surface area contributed by atoms with Crippen LogP contribution in [-0.4, -0.2) is 63.7 Å². The Morgan fingerprint density at radius 2 is 1.97 bits per heavy atom. The highest BCUT2D eigenvalue weighted by Crippen LogP contribution is 2.36. The number of aliphatic hydroxyl groups is 4. The number of unbranched alkanes of at least 4 members (excludes halogenated alkanes) is 3. The summed E-state index contributed by atoms with van der Waals surface area (Å²) in [6, 6.07) is 0. The quantitative estimate of drug-likeness (QED) is 0.192. The average Bonchev–Trinajstić information content (AvgIpc) is 3.03. The van der Waals surface area contributed by atoms with E-state index >= 15 is 0 Å². The van der Waals surface area contributed by atoms with Gasteiger partial charge in [-0.15, -0.1) is 0 Å². The Morgan fingerprint density at radius 3 is 2.72 bits per heavy atom. The van der Waals surface area contributed by atoms with Gasteiger partial charge in [-0.3, -0.25) is 4.79 Å². The van der Waals surface area contributed by atoms with Crippen molar-refractivity contribution >= 4 is 5.97 Å². The second-order valence-electron chi connectivity index (χ2n) is 9.09. The molecule has 0 aromatic carbocycles.